The lowest BCUT2D eigenvalue weighted by Crippen LogP contribution is -2.48. The summed E-state index contributed by atoms with van der Waals surface area (Å²) in [7, 11) is 0. The summed E-state index contributed by atoms with van der Waals surface area (Å²) in [6.45, 7) is 2.53. The molecule has 112 valence electrons. The first kappa shape index (κ1) is 15.0. The van der Waals surface area contributed by atoms with Crippen molar-refractivity contribution >= 4 is 5.95 Å². The van der Waals surface area contributed by atoms with Crippen molar-refractivity contribution in [1.29, 1.82) is 0 Å². The van der Waals surface area contributed by atoms with Crippen molar-refractivity contribution in [1.82, 2.24) is 9.97 Å². The zero-order valence-electron chi connectivity index (χ0n) is 11.4. The Morgan fingerprint density at radius 1 is 1.40 bits per heavy atom. The number of nitrogens with one attached hydrogen (secondary N) is 1. The largest absolute Gasteiger partial charge is 0.433 e. The molecule has 0 unspecified atom stereocenters. The van der Waals surface area contributed by atoms with Crippen molar-refractivity contribution in [3.8, 4) is 0 Å². The summed E-state index contributed by atoms with van der Waals surface area (Å²) >= 11 is 0. The van der Waals surface area contributed by atoms with Gasteiger partial charge >= 0.3 is 6.18 Å². The Hall–Kier alpha value is -1.37. The molecule has 0 bridgehead atoms. The molecule has 1 saturated carbocycles. The van der Waals surface area contributed by atoms with Gasteiger partial charge in [0, 0.05) is 12.7 Å². The van der Waals surface area contributed by atoms with Crippen LogP contribution in [0.5, 0.6) is 0 Å². The Morgan fingerprint density at radius 2 is 2.05 bits per heavy atom. The minimum absolute atomic E-state index is 0.000159. The fraction of sp³-hybridized carbons (Fsp3) is 0.692. The highest BCUT2D eigenvalue weighted by Crippen LogP contribution is 2.34. The maximum absolute atomic E-state index is 12.6. The molecule has 4 nitrogen and oxygen atoms in total. The highest BCUT2D eigenvalue weighted by Gasteiger charge is 2.36. The number of alkyl halides is 3. The van der Waals surface area contributed by atoms with Gasteiger partial charge < -0.3 is 11.1 Å². The van der Waals surface area contributed by atoms with Gasteiger partial charge in [0.05, 0.1) is 5.54 Å². The average molecular weight is 288 g/mol. The zero-order chi connectivity index (χ0) is 14.8. The molecule has 1 aliphatic rings. The van der Waals surface area contributed by atoms with Crippen molar-refractivity contribution in [3.63, 3.8) is 0 Å². The first-order valence-corrected chi connectivity index (χ1v) is 6.73. The second-order valence-corrected chi connectivity index (χ2v) is 5.56. The van der Waals surface area contributed by atoms with Crippen LogP contribution >= 0.6 is 0 Å². The third-order valence-corrected chi connectivity index (χ3v) is 3.95. The summed E-state index contributed by atoms with van der Waals surface area (Å²) in [5, 5.41) is 3.03. The monoisotopic (exact) mass is 288 g/mol. The third kappa shape index (κ3) is 3.39. The third-order valence-electron chi connectivity index (χ3n) is 3.95. The van der Waals surface area contributed by atoms with E-state index in [9.17, 15) is 13.2 Å². The van der Waals surface area contributed by atoms with Gasteiger partial charge in [0.1, 0.15) is 5.69 Å². The molecule has 2 rings (SSSR count). The lowest BCUT2D eigenvalue weighted by Gasteiger charge is -2.39. The fourth-order valence-corrected chi connectivity index (χ4v) is 2.51. The van der Waals surface area contributed by atoms with Gasteiger partial charge in [-0.2, -0.15) is 13.2 Å². The Labute approximate surface area is 116 Å². The molecule has 0 atom stereocenters. The summed E-state index contributed by atoms with van der Waals surface area (Å²) in [5.41, 5.74) is 4.48. The van der Waals surface area contributed by atoms with Crippen LogP contribution in [0.1, 0.15) is 38.3 Å². The zero-order valence-corrected chi connectivity index (χ0v) is 11.4. The van der Waals surface area contributed by atoms with Gasteiger partial charge in [-0.25, -0.2) is 9.97 Å². The van der Waals surface area contributed by atoms with E-state index in [2.05, 4.69) is 22.2 Å². The minimum atomic E-state index is -4.46. The maximum atomic E-state index is 12.6. The summed E-state index contributed by atoms with van der Waals surface area (Å²) in [5.74, 6) is 0.624. The first-order valence-electron chi connectivity index (χ1n) is 6.73. The molecule has 0 radical (unpaired) electrons. The van der Waals surface area contributed by atoms with Gasteiger partial charge in [0.15, 0.2) is 0 Å². The molecule has 3 N–H and O–H groups in total. The second kappa shape index (κ2) is 5.55. The standard InChI is InChI=1S/C13H19F3N4/c1-9-2-5-12(8-17,6-3-9)20-11-18-7-4-10(19-11)13(14,15)16/h4,7,9H,2-3,5-6,8,17H2,1H3,(H,18,19,20). The normalized spacial score (nSPS) is 27.4. The molecule has 1 heterocycles. The molecular weight excluding hydrogens is 269 g/mol. The van der Waals surface area contributed by atoms with Crippen LogP contribution in [0.4, 0.5) is 19.1 Å². The predicted molar refractivity (Wildman–Crippen MR) is 70.1 cm³/mol. The van der Waals surface area contributed by atoms with Gasteiger partial charge in [-0.15, -0.1) is 0 Å². The van der Waals surface area contributed by atoms with E-state index in [0.717, 1.165) is 37.9 Å². The van der Waals surface area contributed by atoms with E-state index in [4.69, 9.17) is 5.73 Å². The molecule has 1 aliphatic carbocycles. The topological polar surface area (TPSA) is 63.8 Å². The lowest BCUT2D eigenvalue weighted by molar-refractivity contribution is -0.141. The van der Waals surface area contributed by atoms with Crippen molar-refractivity contribution in [2.45, 2.75) is 44.3 Å². The highest BCUT2D eigenvalue weighted by molar-refractivity contribution is 5.31. The first-order chi connectivity index (χ1) is 9.35. The van der Waals surface area contributed by atoms with Crippen molar-refractivity contribution in [2.24, 2.45) is 11.7 Å². The van der Waals surface area contributed by atoms with Crippen LogP contribution in [0, 0.1) is 5.92 Å². The molecule has 1 fully saturated rings. The van der Waals surface area contributed by atoms with Crippen LogP contribution in [0.3, 0.4) is 0 Å². The van der Waals surface area contributed by atoms with Crippen LogP contribution in [-0.4, -0.2) is 22.1 Å². The minimum Gasteiger partial charge on any atom is -0.348 e. The van der Waals surface area contributed by atoms with Crippen LogP contribution in [-0.2, 0) is 6.18 Å². The molecule has 20 heavy (non-hydrogen) atoms. The fourth-order valence-electron chi connectivity index (χ4n) is 2.51. The molecule has 0 spiro atoms. The van der Waals surface area contributed by atoms with E-state index in [1.807, 2.05) is 0 Å². The SMILES string of the molecule is CC1CCC(CN)(Nc2nccc(C(F)(F)F)n2)CC1. The van der Waals surface area contributed by atoms with E-state index in [1.54, 1.807) is 0 Å². The molecule has 7 heteroatoms. The lowest BCUT2D eigenvalue weighted by atomic mass is 9.77. The highest BCUT2D eigenvalue weighted by atomic mass is 19.4. The van der Waals surface area contributed by atoms with Gasteiger partial charge in [-0.1, -0.05) is 6.92 Å². The second-order valence-electron chi connectivity index (χ2n) is 5.56. The van der Waals surface area contributed by atoms with Crippen molar-refractivity contribution in [3.05, 3.63) is 18.0 Å². The molecule has 1 aromatic heterocycles. The Morgan fingerprint density at radius 3 is 2.60 bits per heavy atom. The van der Waals surface area contributed by atoms with E-state index in [1.165, 1.54) is 0 Å². The number of aromatic nitrogens is 2. The molecule has 0 amide bonds. The summed E-state index contributed by atoms with van der Waals surface area (Å²) in [6.07, 6.45) is 0.311. The number of rotatable bonds is 3. The summed E-state index contributed by atoms with van der Waals surface area (Å²) in [6, 6.07) is 0.864. The van der Waals surface area contributed by atoms with E-state index in [0.29, 0.717) is 12.5 Å². The molecule has 0 saturated heterocycles. The molecule has 1 aromatic rings. The van der Waals surface area contributed by atoms with Crippen LogP contribution in [0.2, 0.25) is 0 Å². The summed E-state index contributed by atoms with van der Waals surface area (Å²) in [4.78, 5) is 7.43. The van der Waals surface area contributed by atoms with E-state index >= 15 is 0 Å². The smallest absolute Gasteiger partial charge is 0.348 e. The quantitative estimate of drug-likeness (QED) is 0.897. The molecular formula is C13H19F3N4. The maximum Gasteiger partial charge on any atom is 0.433 e. The predicted octanol–water partition coefficient (Wildman–Crippen LogP) is 2.81. The van der Waals surface area contributed by atoms with E-state index < -0.39 is 17.4 Å². The summed E-state index contributed by atoms with van der Waals surface area (Å²) < 4.78 is 37.9. The number of nitrogens with zero attached hydrogens (tertiary/aromatic N) is 2. The van der Waals surface area contributed by atoms with Crippen LogP contribution in [0.25, 0.3) is 0 Å². The molecule has 0 aliphatic heterocycles. The van der Waals surface area contributed by atoms with Gasteiger partial charge in [-0.05, 0) is 37.7 Å². The Kier molecular flexibility index (Phi) is 4.17. The number of halogens is 3. The van der Waals surface area contributed by atoms with Gasteiger partial charge in [0.2, 0.25) is 5.95 Å². The average Bonchev–Trinajstić information content (AvgIpc) is 2.41. The number of hydrogen-bond donors (Lipinski definition) is 2. The Balaban J connectivity index is 2.16. The van der Waals surface area contributed by atoms with Crippen LogP contribution in [0.15, 0.2) is 12.3 Å². The number of hydrogen-bond acceptors (Lipinski definition) is 4. The van der Waals surface area contributed by atoms with Crippen LogP contribution < -0.4 is 11.1 Å². The van der Waals surface area contributed by atoms with Crippen molar-refractivity contribution < 1.29 is 13.2 Å². The van der Waals surface area contributed by atoms with Gasteiger partial charge in [-0.3, -0.25) is 0 Å². The van der Waals surface area contributed by atoms with Crippen molar-refractivity contribution in [2.75, 3.05) is 11.9 Å². The molecule has 0 aromatic carbocycles. The number of nitrogens with two attached hydrogens (primary N) is 1. The van der Waals surface area contributed by atoms with E-state index in [-0.39, 0.29) is 5.95 Å². The van der Waals surface area contributed by atoms with Gasteiger partial charge in [0.25, 0.3) is 0 Å². The number of anilines is 1. The Bertz CT molecular complexity index is 453.